The predicted molar refractivity (Wildman–Crippen MR) is 183 cm³/mol. The molecule has 1 aliphatic carbocycles. The number of para-hydroxylation sites is 4. The van der Waals surface area contributed by atoms with Crippen molar-refractivity contribution in [3.05, 3.63) is 131 Å². The van der Waals surface area contributed by atoms with Crippen molar-refractivity contribution in [1.82, 2.24) is 4.57 Å². The molecule has 1 N–H and O–H groups in total. The highest BCUT2D eigenvalue weighted by molar-refractivity contribution is 8.01. The van der Waals surface area contributed by atoms with Gasteiger partial charge in [0.25, 0.3) is 0 Å². The molecular formula is C37H33N5OS. The third-order valence-electron chi connectivity index (χ3n) is 9.19. The van der Waals surface area contributed by atoms with E-state index < -0.39 is 0 Å². The fraction of sp³-hybridized carbons (Fsp3) is 0.189. The zero-order valence-electron chi connectivity index (χ0n) is 25.0. The average Bonchev–Trinajstić information content (AvgIpc) is 3.40. The first-order valence-electron chi connectivity index (χ1n) is 15.5. The first-order chi connectivity index (χ1) is 21.7. The second-order valence-corrected chi connectivity index (χ2v) is 12.9. The lowest BCUT2D eigenvalue weighted by Crippen LogP contribution is -2.42. The Morgan fingerprint density at radius 2 is 1.68 bits per heavy atom. The second-order valence-electron chi connectivity index (χ2n) is 11.7. The summed E-state index contributed by atoms with van der Waals surface area (Å²) in [6.07, 6.45) is 13.3. The van der Waals surface area contributed by atoms with Crippen LogP contribution in [0.25, 0.3) is 11.8 Å². The number of hydrogen-bond acceptors (Lipinski definition) is 6. The fourth-order valence-corrected chi connectivity index (χ4v) is 8.37. The van der Waals surface area contributed by atoms with Crippen LogP contribution >= 0.6 is 11.9 Å². The van der Waals surface area contributed by atoms with Gasteiger partial charge in [0.05, 0.1) is 33.8 Å². The van der Waals surface area contributed by atoms with Crippen molar-refractivity contribution >= 4 is 46.6 Å². The van der Waals surface area contributed by atoms with E-state index in [2.05, 4.69) is 148 Å². The third-order valence-corrected chi connectivity index (χ3v) is 10.2. The molecule has 0 radical (unpaired) electrons. The van der Waals surface area contributed by atoms with Gasteiger partial charge in [-0.15, -0.1) is 0 Å². The Bertz CT molecular complexity index is 1980. The largest absolute Gasteiger partial charge is 0.453 e. The van der Waals surface area contributed by atoms with Crippen molar-refractivity contribution in [2.45, 2.75) is 44.9 Å². The minimum atomic E-state index is 0.0389. The van der Waals surface area contributed by atoms with Crippen LogP contribution in [0, 0.1) is 0 Å². The van der Waals surface area contributed by atoms with Crippen molar-refractivity contribution in [3.63, 3.8) is 0 Å². The number of nitrogens with zero attached hydrogens (tertiary/aromatic N) is 4. The first kappa shape index (κ1) is 25.7. The van der Waals surface area contributed by atoms with Gasteiger partial charge in [-0.3, -0.25) is 9.99 Å². The molecule has 0 fully saturated rings. The van der Waals surface area contributed by atoms with Crippen LogP contribution in [0.5, 0.6) is 5.75 Å². The van der Waals surface area contributed by atoms with Crippen LogP contribution < -0.4 is 24.4 Å². The van der Waals surface area contributed by atoms with E-state index in [0.29, 0.717) is 0 Å². The summed E-state index contributed by atoms with van der Waals surface area (Å²) in [5.41, 5.74) is 15.7. The molecule has 9 rings (SSSR count). The molecule has 44 heavy (non-hydrogen) atoms. The zero-order valence-corrected chi connectivity index (χ0v) is 25.8. The maximum absolute atomic E-state index is 6.79. The topological polar surface area (TPSA) is 35.9 Å². The number of aromatic nitrogens is 1. The molecule has 218 valence electrons. The summed E-state index contributed by atoms with van der Waals surface area (Å²) in [6, 6.07) is 26.2. The molecule has 5 heterocycles. The van der Waals surface area contributed by atoms with E-state index in [-0.39, 0.29) is 11.3 Å². The lowest BCUT2D eigenvalue weighted by Gasteiger charge is -2.45. The molecule has 2 unspecified atom stereocenters. The van der Waals surface area contributed by atoms with Crippen molar-refractivity contribution in [1.29, 1.82) is 0 Å². The highest BCUT2D eigenvalue weighted by atomic mass is 32.2. The van der Waals surface area contributed by atoms with Gasteiger partial charge in [0.15, 0.2) is 5.75 Å². The van der Waals surface area contributed by atoms with E-state index in [4.69, 9.17) is 4.74 Å². The molecule has 0 amide bonds. The number of rotatable bonds is 3. The number of nitrogens with one attached hydrogen (secondary N) is 1. The van der Waals surface area contributed by atoms with Crippen LogP contribution in [0.2, 0.25) is 0 Å². The Labute approximate surface area is 262 Å². The van der Waals surface area contributed by atoms with E-state index in [1.807, 2.05) is 0 Å². The molecule has 5 aliphatic rings. The summed E-state index contributed by atoms with van der Waals surface area (Å²) in [5, 5.41) is 0.0389. The fourth-order valence-electron chi connectivity index (χ4n) is 7.32. The predicted octanol–water partition coefficient (Wildman–Crippen LogP) is 9.63. The summed E-state index contributed by atoms with van der Waals surface area (Å²) in [5.74, 6) is 2.99. The Morgan fingerprint density at radius 1 is 0.886 bits per heavy atom. The van der Waals surface area contributed by atoms with Crippen LogP contribution in [0.15, 0.2) is 120 Å². The Balaban J connectivity index is 1.37. The zero-order chi connectivity index (χ0) is 29.5. The third kappa shape index (κ3) is 3.50. The lowest BCUT2D eigenvalue weighted by atomic mass is 9.90. The van der Waals surface area contributed by atoms with Gasteiger partial charge >= 0.3 is 0 Å². The van der Waals surface area contributed by atoms with E-state index in [9.17, 15) is 0 Å². The van der Waals surface area contributed by atoms with E-state index in [0.717, 1.165) is 58.6 Å². The van der Waals surface area contributed by atoms with Gasteiger partial charge in [-0.1, -0.05) is 62.4 Å². The van der Waals surface area contributed by atoms with E-state index in [1.165, 1.54) is 28.1 Å². The molecular weight excluding hydrogens is 563 g/mol. The minimum absolute atomic E-state index is 0.0389. The summed E-state index contributed by atoms with van der Waals surface area (Å²) >= 11 is 1.80. The highest BCUT2D eigenvalue weighted by Gasteiger charge is 2.42. The van der Waals surface area contributed by atoms with E-state index >= 15 is 0 Å². The first-order valence-corrected chi connectivity index (χ1v) is 16.4. The molecule has 3 bridgehead atoms. The van der Waals surface area contributed by atoms with Gasteiger partial charge in [0, 0.05) is 28.9 Å². The monoisotopic (exact) mass is 595 g/mol. The van der Waals surface area contributed by atoms with Gasteiger partial charge in [0.2, 0.25) is 0 Å². The van der Waals surface area contributed by atoms with Crippen molar-refractivity contribution < 1.29 is 4.74 Å². The summed E-state index contributed by atoms with van der Waals surface area (Å²) in [6.45, 7) is 6.75. The molecule has 7 heteroatoms. The molecule has 4 aliphatic heterocycles. The summed E-state index contributed by atoms with van der Waals surface area (Å²) < 4.78 is 11.4. The van der Waals surface area contributed by atoms with Gasteiger partial charge < -0.3 is 14.5 Å². The quantitative estimate of drug-likeness (QED) is 0.238. The standard InChI is InChI=1S/C37H33N5OS/c1-4-6-12-24-19-20-39-30-16-11-17-31-36(30)42(38-37(24)39)44-23(3)40-29-15-9-10-18-33(29)43-34-22-25-21-32(26(5-2)35(34)40)41(31)28-14-8-7-13-27(25)28/h6-23,25,38H,4-5H2,1-3H3. The van der Waals surface area contributed by atoms with Crippen molar-refractivity contribution in [2.24, 2.45) is 0 Å². The maximum atomic E-state index is 6.79. The Morgan fingerprint density at radius 3 is 2.55 bits per heavy atom. The van der Waals surface area contributed by atoms with Crippen LogP contribution in [0.4, 0.5) is 28.6 Å². The number of anilines is 5. The molecule has 3 aromatic carbocycles. The minimum Gasteiger partial charge on any atom is -0.453 e. The maximum Gasteiger partial charge on any atom is 0.151 e. The molecule has 4 aromatic rings. The number of fused-ring (bicyclic) bond motifs is 9. The van der Waals surface area contributed by atoms with Crippen LogP contribution in [0.3, 0.4) is 0 Å². The molecule has 2 atom stereocenters. The number of hydrogen-bond donors (Lipinski definition) is 1. The summed E-state index contributed by atoms with van der Waals surface area (Å²) in [4.78, 5) is 4.99. The Hall–Kier alpha value is -4.75. The van der Waals surface area contributed by atoms with Crippen molar-refractivity contribution in [3.8, 4) is 11.4 Å². The van der Waals surface area contributed by atoms with Gasteiger partial charge in [-0.25, -0.2) is 4.41 Å². The smallest absolute Gasteiger partial charge is 0.151 e. The molecule has 0 saturated carbocycles. The Kier molecular flexibility index (Phi) is 5.63. The number of benzene rings is 3. The van der Waals surface area contributed by atoms with Crippen LogP contribution in [-0.2, 0) is 0 Å². The van der Waals surface area contributed by atoms with Gasteiger partial charge in [0.1, 0.15) is 17.3 Å². The normalized spacial score (nSPS) is 20.6. The molecule has 0 saturated heterocycles. The van der Waals surface area contributed by atoms with Crippen LogP contribution in [0.1, 0.15) is 50.7 Å². The second kappa shape index (κ2) is 9.63. The molecule has 1 aromatic heterocycles. The van der Waals surface area contributed by atoms with Gasteiger partial charge in [-0.2, -0.15) is 0 Å². The SMILES string of the molecule is CCC=Cc1ccn2c1NN1SC(C)N3C4=C(CC)C5=CC(C=C4Oc4ccccc43)c3ccccc3N5c3cccc-2c31. The van der Waals surface area contributed by atoms with Crippen LogP contribution in [-0.4, -0.2) is 9.94 Å². The summed E-state index contributed by atoms with van der Waals surface area (Å²) in [7, 11) is 0. The number of hydrazine groups is 1. The lowest BCUT2D eigenvalue weighted by molar-refractivity contribution is 0.413. The van der Waals surface area contributed by atoms with E-state index in [1.54, 1.807) is 11.9 Å². The van der Waals surface area contributed by atoms with Gasteiger partial charge in [-0.05, 0) is 85.8 Å². The van der Waals surface area contributed by atoms with Crippen molar-refractivity contribution in [2.75, 3.05) is 19.6 Å². The highest BCUT2D eigenvalue weighted by Crippen LogP contribution is 2.56. The number of allylic oxidation sites excluding steroid dienone is 4. The molecule has 6 nitrogen and oxygen atoms in total. The average molecular weight is 596 g/mol. The molecule has 0 spiro atoms. The number of ether oxygens (including phenoxy) is 1.